The molecule has 2 bridgehead atoms. The summed E-state index contributed by atoms with van der Waals surface area (Å²) in [4.78, 5) is 24.2. The van der Waals surface area contributed by atoms with Crippen LogP contribution in [0.5, 0.6) is 11.5 Å². The van der Waals surface area contributed by atoms with Crippen LogP contribution in [-0.4, -0.2) is 10.9 Å². The van der Waals surface area contributed by atoms with Crippen LogP contribution >= 0.6 is 11.6 Å². The van der Waals surface area contributed by atoms with Crippen molar-refractivity contribution in [2.24, 2.45) is 28.8 Å². The Morgan fingerprint density at radius 2 is 1.68 bits per heavy atom. The smallest absolute Gasteiger partial charge is 0.170 e. The molecule has 2 aromatic rings. The molecule has 0 aromatic heterocycles. The molecule has 2 unspecified atom stereocenters. The number of nitrogens with zero attached hydrogens (tertiary/aromatic N) is 1. The number of ketones is 1. The van der Waals surface area contributed by atoms with E-state index >= 15 is 0 Å². The number of carbonyl (C=O) groups is 1. The van der Waals surface area contributed by atoms with Crippen LogP contribution < -0.4 is 4.74 Å². The lowest BCUT2D eigenvalue weighted by molar-refractivity contribution is -0.123. The molecule has 4 aliphatic rings. The highest BCUT2D eigenvalue weighted by molar-refractivity contribution is 6.33. The second-order valence-corrected chi connectivity index (χ2v) is 9.24. The Hall–Kier alpha value is -2.66. The molecule has 3 saturated carbocycles. The van der Waals surface area contributed by atoms with Crippen molar-refractivity contribution in [3.05, 3.63) is 63.2 Å². The van der Waals surface area contributed by atoms with Crippen molar-refractivity contribution >= 4 is 28.6 Å². The van der Waals surface area contributed by atoms with Gasteiger partial charge in [0.05, 0.1) is 10.6 Å². The molecule has 0 saturated heterocycles. The van der Waals surface area contributed by atoms with Gasteiger partial charge in [-0.2, -0.15) is 0 Å². The van der Waals surface area contributed by atoms with Crippen molar-refractivity contribution in [3.63, 3.8) is 0 Å². The van der Waals surface area contributed by atoms with Crippen molar-refractivity contribution in [3.8, 4) is 11.5 Å². The predicted octanol–water partition coefficient (Wildman–Crippen LogP) is 7.00. The zero-order chi connectivity index (χ0) is 21.7. The van der Waals surface area contributed by atoms with Gasteiger partial charge in [0.25, 0.3) is 0 Å². The van der Waals surface area contributed by atoms with Gasteiger partial charge in [-0.1, -0.05) is 24.6 Å². The van der Waals surface area contributed by atoms with Gasteiger partial charge in [-0.25, -0.2) is 0 Å². The summed E-state index contributed by atoms with van der Waals surface area (Å²) in [5.41, 5.74) is 2.40. The average Bonchev–Trinajstić information content (AvgIpc) is 3.07. The van der Waals surface area contributed by atoms with Crippen molar-refractivity contribution < 1.29 is 14.6 Å². The second kappa shape index (κ2) is 7.79. The summed E-state index contributed by atoms with van der Waals surface area (Å²) < 4.78 is 5.96. The molecular weight excluding hydrogens is 414 g/mol. The lowest BCUT2D eigenvalue weighted by Gasteiger charge is -2.44. The monoisotopic (exact) mass is 437 g/mol. The van der Waals surface area contributed by atoms with Crippen LogP contribution in [0.2, 0.25) is 5.02 Å². The van der Waals surface area contributed by atoms with E-state index in [-0.39, 0.29) is 34.1 Å². The molecule has 0 radical (unpaired) electrons. The fourth-order valence-corrected chi connectivity index (χ4v) is 6.08. The van der Waals surface area contributed by atoms with Gasteiger partial charge >= 0.3 is 0 Å². The Labute approximate surface area is 186 Å². The van der Waals surface area contributed by atoms with Crippen LogP contribution in [0.1, 0.15) is 43.7 Å². The fourth-order valence-electron chi connectivity index (χ4n) is 5.87. The van der Waals surface area contributed by atoms with Crippen molar-refractivity contribution in [1.82, 2.24) is 0 Å². The number of carbonyl (C=O) groups excluding carboxylic acids is 1. The summed E-state index contributed by atoms with van der Waals surface area (Å²) in [6, 6.07) is 10.3. The Balaban J connectivity index is 1.52. The van der Waals surface area contributed by atoms with Gasteiger partial charge in [0, 0.05) is 17.9 Å². The summed E-state index contributed by atoms with van der Waals surface area (Å²) in [6.45, 7) is 2.04. The molecule has 0 aliphatic heterocycles. The third kappa shape index (κ3) is 3.26. The molecule has 6 heteroatoms. The third-order valence-corrected chi connectivity index (χ3v) is 7.63. The Morgan fingerprint density at radius 3 is 2.29 bits per heavy atom. The van der Waals surface area contributed by atoms with E-state index in [2.05, 4.69) is 5.18 Å². The van der Waals surface area contributed by atoms with Gasteiger partial charge in [0.2, 0.25) is 0 Å². The first-order chi connectivity index (χ1) is 15.0. The first-order valence-electron chi connectivity index (χ1n) is 10.9. The third-order valence-electron chi connectivity index (χ3n) is 7.32. The van der Waals surface area contributed by atoms with Crippen LogP contribution in [0, 0.1) is 28.6 Å². The van der Waals surface area contributed by atoms with E-state index in [9.17, 15) is 14.8 Å². The quantitative estimate of drug-likeness (QED) is 0.511. The number of rotatable bonds is 5. The van der Waals surface area contributed by atoms with Crippen molar-refractivity contribution in [1.29, 1.82) is 0 Å². The number of halogens is 1. The number of Topliss-reactive ketones (excluding diaryl/α,β-unsaturated/α-hetero) is 1. The molecule has 160 valence electrons. The van der Waals surface area contributed by atoms with Crippen LogP contribution in [0.25, 0.3) is 5.57 Å². The second-order valence-electron chi connectivity index (χ2n) is 8.83. The van der Waals surface area contributed by atoms with Crippen LogP contribution in [0.15, 0.2) is 47.3 Å². The summed E-state index contributed by atoms with van der Waals surface area (Å²) in [7, 11) is 0. The van der Waals surface area contributed by atoms with Gasteiger partial charge in [0.1, 0.15) is 22.9 Å². The van der Waals surface area contributed by atoms with E-state index in [1.54, 1.807) is 6.07 Å². The van der Waals surface area contributed by atoms with E-state index in [4.69, 9.17) is 16.3 Å². The first kappa shape index (κ1) is 20.3. The zero-order valence-corrected chi connectivity index (χ0v) is 18.1. The summed E-state index contributed by atoms with van der Waals surface area (Å²) in [5.74, 6) is 2.09. The highest BCUT2D eigenvalue weighted by Gasteiger charge is 2.54. The van der Waals surface area contributed by atoms with Gasteiger partial charge in [-0.05, 0) is 84.5 Å². The fraction of sp³-hybridized carbons (Fsp3) is 0.400. The maximum Gasteiger partial charge on any atom is 0.170 e. The molecule has 31 heavy (non-hydrogen) atoms. The molecular formula is C25H24ClNO4. The standard InChI is InChI=1S/C25H24ClNO4/c1-2-13-7-8-16(31-17-9-10-20(27-30)19(26)12-17)11-18(13)23-24(28)21-14-3-4-15(6-5-14)22(21)25(23)29/h7-12,14-15,21-22,28H,2-6H2,1H3/t14-,15+,21?,22?. The molecule has 3 fully saturated rings. The minimum atomic E-state index is -0.0704. The molecule has 0 amide bonds. The predicted molar refractivity (Wildman–Crippen MR) is 120 cm³/mol. The highest BCUT2D eigenvalue weighted by Crippen LogP contribution is 2.57. The number of aliphatic hydroxyl groups excluding tert-OH is 1. The molecule has 0 spiro atoms. The lowest BCUT2D eigenvalue weighted by Crippen LogP contribution is -2.41. The van der Waals surface area contributed by atoms with Gasteiger partial charge in [0.15, 0.2) is 5.78 Å². The Bertz CT molecular complexity index is 1100. The number of aryl methyl sites for hydroxylation is 1. The van der Waals surface area contributed by atoms with Gasteiger partial charge in [-0.3, -0.25) is 4.79 Å². The van der Waals surface area contributed by atoms with Crippen LogP contribution in [0.4, 0.5) is 5.69 Å². The molecule has 4 aliphatic carbocycles. The molecule has 6 rings (SSSR count). The first-order valence-corrected chi connectivity index (χ1v) is 11.3. The van der Waals surface area contributed by atoms with Gasteiger partial charge in [-0.15, -0.1) is 4.91 Å². The molecule has 1 N–H and O–H groups in total. The van der Waals surface area contributed by atoms with E-state index in [1.807, 2.05) is 25.1 Å². The Kier molecular flexibility index (Phi) is 5.09. The number of nitroso groups, excluding NO2 is 1. The van der Waals surface area contributed by atoms with Crippen molar-refractivity contribution in [2.45, 2.75) is 39.0 Å². The normalized spacial score (nSPS) is 26.8. The van der Waals surface area contributed by atoms with Gasteiger partial charge < -0.3 is 9.84 Å². The van der Waals surface area contributed by atoms with Crippen molar-refractivity contribution in [2.75, 3.05) is 0 Å². The Morgan fingerprint density at radius 1 is 1.03 bits per heavy atom. The SMILES string of the molecule is CCc1ccc(Oc2ccc(N=O)c(Cl)c2)cc1C1=C(O)C2C(C1=O)[C@H]1CC[C@@H]2CC1. The largest absolute Gasteiger partial charge is 0.511 e. The number of allylic oxidation sites excluding steroid dienone is 2. The number of aliphatic hydroxyl groups is 1. The zero-order valence-electron chi connectivity index (χ0n) is 17.3. The topological polar surface area (TPSA) is 76.0 Å². The number of ether oxygens (including phenoxy) is 1. The maximum absolute atomic E-state index is 13.5. The molecule has 5 nitrogen and oxygen atoms in total. The van der Waals surface area contributed by atoms with E-state index < -0.39 is 0 Å². The summed E-state index contributed by atoms with van der Waals surface area (Å²) in [5, 5.41) is 14.3. The van der Waals surface area contributed by atoms with E-state index in [0.29, 0.717) is 28.9 Å². The molecule has 2 atom stereocenters. The molecule has 0 heterocycles. The van der Waals surface area contributed by atoms with E-state index in [0.717, 1.165) is 43.2 Å². The van der Waals surface area contributed by atoms with Crippen LogP contribution in [-0.2, 0) is 11.2 Å². The minimum Gasteiger partial charge on any atom is -0.511 e. The maximum atomic E-state index is 13.5. The number of fused-ring (bicyclic) bond motifs is 2. The highest BCUT2D eigenvalue weighted by atomic mass is 35.5. The number of hydrogen-bond donors (Lipinski definition) is 1. The summed E-state index contributed by atoms with van der Waals surface area (Å²) in [6.07, 6.45) is 5.13. The molecule has 2 aromatic carbocycles. The number of hydrogen-bond acceptors (Lipinski definition) is 5. The average molecular weight is 438 g/mol. The van der Waals surface area contributed by atoms with E-state index in [1.165, 1.54) is 12.1 Å². The minimum absolute atomic E-state index is 0.0218. The summed E-state index contributed by atoms with van der Waals surface area (Å²) >= 11 is 6.06. The number of benzene rings is 2. The van der Waals surface area contributed by atoms with Crippen LogP contribution in [0.3, 0.4) is 0 Å². The lowest BCUT2D eigenvalue weighted by atomic mass is 9.59.